The molecule has 1 N–H and O–H groups in total. The fourth-order valence-corrected chi connectivity index (χ4v) is 2.69. The zero-order valence-corrected chi connectivity index (χ0v) is 12.1. The van der Waals surface area contributed by atoms with Crippen LogP contribution in [-0.2, 0) is 13.5 Å². The number of carboxylic acids is 1. The maximum absolute atomic E-state index is 11.2. The quantitative estimate of drug-likeness (QED) is 0.881. The average molecular weight is 297 g/mol. The number of hydrogen-bond donors (Lipinski definition) is 1. The third kappa shape index (κ3) is 2.93. The Bertz CT molecular complexity index is 625. The minimum Gasteiger partial charge on any atom is -0.476 e. The van der Waals surface area contributed by atoms with E-state index in [-0.39, 0.29) is 5.69 Å². The van der Waals surface area contributed by atoms with Crippen LogP contribution in [0, 0.1) is 0 Å². The van der Waals surface area contributed by atoms with Gasteiger partial charge in [-0.3, -0.25) is 0 Å². The van der Waals surface area contributed by atoms with Crippen LogP contribution in [0.25, 0.3) is 0 Å². The molecular weight excluding hydrogens is 284 g/mol. The highest BCUT2D eigenvalue weighted by molar-refractivity contribution is 7.98. The van der Waals surface area contributed by atoms with Gasteiger partial charge in [-0.25, -0.2) is 9.78 Å². The summed E-state index contributed by atoms with van der Waals surface area (Å²) in [4.78, 5) is 15.4. The van der Waals surface area contributed by atoms with Crippen molar-refractivity contribution in [3.63, 3.8) is 0 Å². The number of hydrogen-bond acceptors (Lipinski definition) is 3. The maximum Gasteiger partial charge on any atom is 0.356 e. The van der Waals surface area contributed by atoms with E-state index in [9.17, 15) is 9.90 Å². The molecule has 0 saturated carbocycles. The molecule has 0 amide bonds. The molecule has 0 radical (unpaired) electrons. The van der Waals surface area contributed by atoms with Crippen molar-refractivity contribution in [3.8, 4) is 0 Å². The van der Waals surface area contributed by atoms with Crippen molar-refractivity contribution in [1.29, 1.82) is 0 Å². The summed E-state index contributed by atoms with van der Waals surface area (Å²) in [5, 5.41) is 10.6. The molecule has 0 fully saturated rings. The second-order valence-corrected chi connectivity index (χ2v) is 5.27. The number of halogens is 1. The second kappa shape index (κ2) is 5.67. The molecule has 19 heavy (non-hydrogen) atoms. The van der Waals surface area contributed by atoms with Gasteiger partial charge in [0, 0.05) is 18.5 Å². The van der Waals surface area contributed by atoms with Gasteiger partial charge < -0.3 is 9.67 Å². The molecule has 4 nitrogen and oxygen atoms in total. The molecule has 1 aromatic heterocycles. The van der Waals surface area contributed by atoms with E-state index in [0.717, 1.165) is 5.56 Å². The summed E-state index contributed by atoms with van der Waals surface area (Å²) in [6.07, 6.45) is 2.36. The number of benzene rings is 1. The van der Waals surface area contributed by atoms with Gasteiger partial charge in [-0.2, -0.15) is 0 Å². The molecular formula is C13H13ClN2O2S. The highest BCUT2D eigenvalue weighted by atomic mass is 35.5. The highest BCUT2D eigenvalue weighted by Gasteiger charge is 2.19. The van der Waals surface area contributed by atoms with Gasteiger partial charge in [0.15, 0.2) is 10.9 Å². The molecule has 1 heterocycles. The molecule has 0 aliphatic rings. The first-order valence-corrected chi connectivity index (χ1v) is 7.20. The molecule has 0 bridgehead atoms. The second-order valence-electron chi connectivity index (χ2n) is 4.06. The van der Waals surface area contributed by atoms with Crippen LogP contribution in [0.5, 0.6) is 0 Å². The van der Waals surface area contributed by atoms with E-state index < -0.39 is 5.97 Å². The third-order valence-electron chi connectivity index (χ3n) is 2.82. The number of nitrogens with zero attached hydrogens (tertiary/aromatic N) is 2. The van der Waals surface area contributed by atoms with Gasteiger partial charge >= 0.3 is 5.97 Å². The molecule has 1 aromatic carbocycles. The first kappa shape index (κ1) is 14.0. The van der Waals surface area contributed by atoms with Crippen LogP contribution in [0.4, 0.5) is 0 Å². The highest BCUT2D eigenvalue weighted by Crippen LogP contribution is 2.22. The Labute approximate surface area is 120 Å². The maximum atomic E-state index is 11.2. The number of carboxylic acid groups (broad SMARTS) is 1. The topological polar surface area (TPSA) is 55.1 Å². The summed E-state index contributed by atoms with van der Waals surface area (Å²) in [7, 11) is 1.82. The van der Waals surface area contributed by atoms with Crippen LogP contribution in [0.2, 0.25) is 5.02 Å². The smallest absolute Gasteiger partial charge is 0.356 e. The van der Waals surface area contributed by atoms with Crippen molar-refractivity contribution in [3.05, 3.63) is 46.2 Å². The van der Waals surface area contributed by atoms with Crippen LogP contribution in [-0.4, -0.2) is 26.9 Å². The molecule has 100 valence electrons. The van der Waals surface area contributed by atoms with Crippen molar-refractivity contribution in [2.45, 2.75) is 11.6 Å². The Morgan fingerprint density at radius 2 is 2.26 bits per heavy atom. The lowest BCUT2D eigenvalue weighted by Gasteiger charge is -2.06. The fraction of sp³-hybridized carbons (Fsp3) is 0.231. The van der Waals surface area contributed by atoms with Crippen molar-refractivity contribution >= 4 is 29.3 Å². The lowest BCUT2D eigenvalue weighted by molar-refractivity contribution is 0.0689. The SMILES string of the molecule is CSc1nc(C(=O)O)c(Cc2cccc(Cl)c2)n1C. The molecule has 0 spiro atoms. The Morgan fingerprint density at radius 1 is 1.53 bits per heavy atom. The number of aromatic nitrogens is 2. The van der Waals surface area contributed by atoms with Gasteiger partial charge in [-0.05, 0) is 24.0 Å². The summed E-state index contributed by atoms with van der Waals surface area (Å²) in [5.74, 6) is -1.01. The third-order valence-corrected chi connectivity index (χ3v) is 3.78. The van der Waals surface area contributed by atoms with E-state index in [2.05, 4.69) is 4.98 Å². The van der Waals surface area contributed by atoms with E-state index >= 15 is 0 Å². The van der Waals surface area contributed by atoms with E-state index in [1.807, 2.05) is 36.1 Å². The lowest BCUT2D eigenvalue weighted by atomic mass is 10.1. The molecule has 2 rings (SSSR count). The molecule has 0 aliphatic carbocycles. The van der Waals surface area contributed by atoms with Crippen molar-refractivity contribution < 1.29 is 9.90 Å². The number of rotatable bonds is 4. The Kier molecular flexibility index (Phi) is 4.17. The van der Waals surface area contributed by atoms with Crippen molar-refractivity contribution in [1.82, 2.24) is 9.55 Å². The summed E-state index contributed by atoms with van der Waals surface area (Å²) in [6, 6.07) is 7.39. The van der Waals surface area contributed by atoms with Gasteiger partial charge in [0.2, 0.25) is 0 Å². The zero-order chi connectivity index (χ0) is 14.0. The number of thioether (sulfide) groups is 1. The van der Waals surface area contributed by atoms with Gasteiger partial charge in [0.25, 0.3) is 0 Å². The van der Waals surface area contributed by atoms with E-state index in [1.54, 1.807) is 6.07 Å². The minimum absolute atomic E-state index is 0.104. The molecule has 6 heteroatoms. The van der Waals surface area contributed by atoms with Gasteiger partial charge in [0.1, 0.15) is 0 Å². The van der Waals surface area contributed by atoms with Crippen LogP contribution in [0.3, 0.4) is 0 Å². The summed E-state index contributed by atoms with van der Waals surface area (Å²) < 4.78 is 1.81. The zero-order valence-electron chi connectivity index (χ0n) is 10.6. The fourth-order valence-electron chi connectivity index (χ4n) is 1.91. The molecule has 2 aromatic rings. The number of carbonyl (C=O) groups is 1. The standard InChI is InChI=1S/C13H13ClN2O2S/c1-16-10(7-8-4-3-5-9(14)6-8)11(12(17)18)15-13(16)19-2/h3-6H,7H2,1-2H3,(H,17,18). The molecule has 0 saturated heterocycles. The molecule has 0 aliphatic heterocycles. The predicted molar refractivity (Wildman–Crippen MR) is 76.2 cm³/mol. The average Bonchev–Trinajstić information content (AvgIpc) is 2.67. The Morgan fingerprint density at radius 3 is 2.84 bits per heavy atom. The largest absolute Gasteiger partial charge is 0.476 e. The summed E-state index contributed by atoms with van der Waals surface area (Å²) in [6.45, 7) is 0. The summed E-state index contributed by atoms with van der Waals surface area (Å²) in [5.41, 5.74) is 1.75. The minimum atomic E-state index is -1.01. The molecule has 0 unspecified atom stereocenters. The van der Waals surface area contributed by atoms with E-state index in [1.165, 1.54) is 11.8 Å². The van der Waals surface area contributed by atoms with Gasteiger partial charge in [-0.15, -0.1) is 0 Å². The lowest BCUT2D eigenvalue weighted by Crippen LogP contribution is -2.06. The van der Waals surface area contributed by atoms with Crippen LogP contribution >= 0.6 is 23.4 Å². The Hall–Kier alpha value is -1.46. The molecule has 0 atom stereocenters. The van der Waals surface area contributed by atoms with Crippen LogP contribution in [0.1, 0.15) is 21.7 Å². The van der Waals surface area contributed by atoms with Crippen LogP contribution in [0.15, 0.2) is 29.4 Å². The van der Waals surface area contributed by atoms with E-state index in [4.69, 9.17) is 11.6 Å². The normalized spacial score (nSPS) is 10.7. The predicted octanol–water partition coefficient (Wildman–Crippen LogP) is 3.08. The van der Waals surface area contributed by atoms with Crippen LogP contribution < -0.4 is 0 Å². The first-order chi connectivity index (χ1) is 9.02. The summed E-state index contributed by atoms with van der Waals surface area (Å²) >= 11 is 7.37. The van der Waals surface area contributed by atoms with Crippen molar-refractivity contribution in [2.75, 3.05) is 6.26 Å². The number of imidazole rings is 1. The first-order valence-electron chi connectivity index (χ1n) is 5.60. The van der Waals surface area contributed by atoms with Crippen molar-refractivity contribution in [2.24, 2.45) is 7.05 Å². The monoisotopic (exact) mass is 296 g/mol. The van der Waals surface area contributed by atoms with Gasteiger partial charge in [0.05, 0.1) is 5.69 Å². The number of aromatic carboxylic acids is 1. The van der Waals surface area contributed by atoms with E-state index in [0.29, 0.717) is 22.3 Å². The Balaban J connectivity index is 2.44. The van der Waals surface area contributed by atoms with Gasteiger partial charge in [-0.1, -0.05) is 35.5 Å².